The summed E-state index contributed by atoms with van der Waals surface area (Å²) in [6, 6.07) is 1.24. The highest BCUT2D eigenvalue weighted by Gasteiger charge is 2.31. The van der Waals surface area contributed by atoms with Crippen LogP contribution in [0.25, 0.3) is 11.0 Å². The second-order valence-electron chi connectivity index (χ2n) is 8.25. The Balaban J connectivity index is 1.67. The van der Waals surface area contributed by atoms with Crippen molar-refractivity contribution in [1.29, 1.82) is 0 Å². The molecule has 2 aliphatic heterocycles. The Bertz CT molecular complexity index is 1010. The maximum absolute atomic E-state index is 14.0. The van der Waals surface area contributed by atoms with Gasteiger partial charge in [0.05, 0.1) is 23.0 Å². The van der Waals surface area contributed by atoms with Crippen LogP contribution in [0.3, 0.4) is 0 Å². The van der Waals surface area contributed by atoms with Gasteiger partial charge in [-0.25, -0.2) is 18.2 Å². The lowest BCUT2D eigenvalue weighted by atomic mass is 9.97. The molecule has 2 aliphatic rings. The first-order valence-corrected chi connectivity index (χ1v) is 10.3. The number of benzene rings is 1. The third-order valence-electron chi connectivity index (χ3n) is 6.09. The third-order valence-corrected chi connectivity index (χ3v) is 6.09. The molecule has 4 N–H and O–H groups in total. The van der Waals surface area contributed by atoms with E-state index in [1.807, 2.05) is 0 Å². The molecule has 3 heterocycles. The van der Waals surface area contributed by atoms with Crippen molar-refractivity contribution in [3.05, 3.63) is 23.8 Å². The summed E-state index contributed by atoms with van der Waals surface area (Å²) in [5.41, 5.74) is 11.7. The third kappa shape index (κ3) is 4.18. The predicted molar refractivity (Wildman–Crippen MR) is 108 cm³/mol. The Morgan fingerprint density at radius 2 is 1.87 bits per heavy atom. The summed E-state index contributed by atoms with van der Waals surface area (Å²) >= 11 is 0. The molecule has 1 aromatic heterocycles. The van der Waals surface area contributed by atoms with E-state index in [0.29, 0.717) is 31.9 Å². The number of carbonyl (C=O) groups excluding carboxylic acids is 2. The van der Waals surface area contributed by atoms with Crippen LogP contribution in [0.5, 0.6) is 0 Å². The fourth-order valence-corrected chi connectivity index (χ4v) is 4.31. The zero-order chi connectivity index (χ0) is 22.3. The Hall–Kier alpha value is -2.82. The second kappa shape index (κ2) is 8.37. The summed E-state index contributed by atoms with van der Waals surface area (Å²) in [7, 11) is 0. The summed E-state index contributed by atoms with van der Waals surface area (Å²) in [5, 5.41) is 0. The van der Waals surface area contributed by atoms with Crippen molar-refractivity contribution in [3.63, 3.8) is 0 Å². The number of fused-ring (bicyclic) bond motifs is 1. The number of likely N-dealkylation sites (tertiary alicyclic amines) is 1. The molecule has 8 nitrogen and oxygen atoms in total. The van der Waals surface area contributed by atoms with Crippen molar-refractivity contribution in [1.82, 2.24) is 14.5 Å². The van der Waals surface area contributed by atoms with Gasteiger partial charge in [0.2, 0.25) is 17.8 Å². The van der Waals surface area contributed by atoms with Gasteiger partial charge in [-0.1, -0.05) is 0 Å². The number of anilines is 1. The minimum atomic E-state index is -1.15. The van der Waals surface area contributed by atoms with Crippen LogP contribution in [-0.4, -0.2) is 64.7 Å². The molecular formula is C20H25F3N6O2. The first kappa shape index (κ1) is 21.4. The fraction of sp³-hybridized carbons (Fsp3) is 0.550. The van der Waals surface area contributed by atoms with Gasteiger partial charge in [-0.05, 0) is 19.3 Å². The molecule has 2 aromatic rings. The molecule has 1 aromatic carbocycles. The lowest BCUT2D eigenvalue weighted by molar-refractivity contribution is -0.135. The molecule has 2 amide bonds. The van der Waals surface area contributed by atoms with Crippen molar-refractivity contribution >= 4 is 28.8 Å². The van der Waals surface area contributed by atoms with Gasteiger partial charge < -0.3 is 25.8 Å². The van der Waals surface area contributed by atoms with Crippen LogP contribution in [0.2, 0.25) is 0 Å². The van der Waals surface area contributed by atoms with Crippen molar-refractivity contribution in [3.8, 4) is 0 Å². The van der Waals surface area contributed by atoms with Crippen molar-refractivity contribution in [2.45, 2.75) is 38.0 Å². The average molecular weight is 438 g/mol. The highest BCUT2D eigenvalue weighted by atomic mass is 19.2. The number of imidazole rings is 1. The van der Waals surface area contributed by atoms with Gasteiger partial charge in [-0.15, -0.1) is 0 Å². The molecular weight excluding hydrogens is 413 g/mol. The number of nitrogens with two attached hydrogens (primary N) is 2. The molecule has 168 valence electrons. The van der Waals surface area contributed by atoms with E-state index in [4.69, 9.17) is 11.5 Å². The molecule has 0 saturated carbocycles. The number of carbonyl (C=O) groups is 2. The number of hydrogen-bond donors (Lipinski definition) is 2. The van der Waals surface area contributed by atoms with Gasteiger partial charge in [-0.3, -0.25) is 9.59 Å². The van der Waals surface area contributed by atoms with Gasteiger partial charge in [0, 0.05) is 38.3 Å². The van der Waals surface area contributed by atoms with E-state index >= 15 is 0 Å². The number of aromatic nitrogens is 2. The van der Waals surface area contributed by atoms with Gasteiger partial charge in [0.1, 0.15) is 12.7 Å². The minimum absolute atomic E-state index is 0.164. The molecule has 2 fully saturated rings. The SMILES string of the molecule is NC(=O)C1CCCN(C(=O)Cn2c(N3CC[C@@H](F)[C@H](N)C3)nc3cc(F)c(F)cc32)C1. The monoisotopic (exact) mass is 438 g/mol. The average Bonchev–Trinajstić information content (AvgIpc) is 3.07. The lowest BCUT2D eigenvalue weighted by Crippen LogP contribution is -2.50. The largest absolute Gasteiger partial charge is 0.369 e. The number of hydrogen-bond acceptors (Lipinski definition) is 5. The van der Waals surface area contributed by atoms with Gasteiger partial charge in [-0.2, -0.15) is 0 Å². The number of halogens is 3. The molecule has 0 spiro atoms. The molecule has 2 saturated heterocycles. The van der Waals surface area contributed by atoms with E-state index in [1.165, 1.54) is 4.57 Å². The van der Waals surface area contributed by atoms with E-state index in [9.17, 15) is 22.8 Å². The zero-order valence-corrected chi connectivity index (χ0v) is 16.9. The number of primary amides is 1. The molecule has 0 aliphatic carbocycles. The van der Waals surface area contributed by atoms with Crippen LogP contribution >= 0.6 is 0 Å². The van der Waals surface area contributed by atoms with Gasteiger partial charge >= 0.3 is 0 Å². The Morgan fingerprint density at radius 3 is 2.58 bits per heavy atom. The molecule has 0 bridgehead atoms. The fourth-order valence-electron chi connectivity index (χ4n) is 4.31. The highest BCUT2D eigenvalue weighted by Crippen LogP contribution is 2.28. The molecule has 11 heteroatoms. The first-order chi connectivity index (χ1) is 14.7. The summed E-state index contributed by atoms with van der Waals surface area (Å²) in [5.74, 6) is -2.95. The van der Waals surface area contributed by atoms with E-state index in [1.54, 1.807) is 9.80 Å². The van der Waals surface area contributed by atoms with E-state index in [2.05, 4.69) is 4.98 Å². The maximum atomic E-state index is 14.0. The highest BCUT2D eigenvalue weighted by molar-refractivity contribution is 5.84. The predicted octanol–water partition coefficient (Wildman–Crippen LogP) is 0.914. The Labute approximate surface area is 177 Å². The normalized spacial score (nSPS) is 24.6. The summed E-state index contributed by atoms with van der Waals surface area (Å²) < 4.78 is 43.1. The van der Waals surface area contributed by atoms with Crippen molar-refractivity contribution < 1.29 is 22.8 Å². The minimum Gasteiger partial charge on any atom is -0.369 e. The molecule has 0 radical (unpaired) electrons. The smallest absolute Gasteiger partial charge is 0.242 e. The number of nitrogens with zero attached hydrogens (tertiary/aromatic N) is 4. The number of piperidine rings is 2. The summed E-state index contributed by atoms with van der Waals surface area (Å²) in [6.45, 7) is 0.984. The van der Waals surface area contributed by atoms with Gasteiger partial charge in [0.15, 0.2) is 11.6 Å². The van der Waals surface area contributed by atoms with Crippen LogP contribution in [0, 0.1) is 17.6 Å². The second-order valence-corrected chi connectivity index (χ2v) is 8.25. The van der Waals surface area contributed by atoms with Crippen molar-refractivity contribution in [2.24, 2.45) is 17.4 Å². The number of rotatable bonds is 4. The first-order valence-electron chi connectivity index (χ1n) is 10.3. The Morgan fingerprint density at radius 1 is 1.13 bits per heavy atom. The van der Waals surface area contributed by atoms with E-state index in [-0.39, 0.29) is 43.0 Å². The summed E-state index contributed by atoms with van der Waals surface area (Å²) in [6.07, 6.45) is 0.312. The number of amides is 2. The quantitative estimate of drug-likeness (QED) is 0.738. The van der Waals surface area contributed by atoms with E-state index < -0.39 is 35.7 Å². The zero-order valence-electron chi connectivity index (χ0n) is 16.9. The number of alkyl halides is 1. The van der Waals surface area contributed by atoms with Crippen LogP contribution in [0.15, 0.2) is 12.1 Å². The van der Waals surface area contributed by atoms with Crippen LogP contribution in [0.4, 0.5) is 19.1 Å². The van der Waals surface area contributed by atoms with Crippen molar-refractivity contribution in [2.75, 3.05) is 31.1 Å². The molecule has 4 rings (SSSR count). The standard InChI is InChI=1S/C20H25F3N6O2/c21-12-3-5-28(9-15(12)24)20-26-16-6-13(22)14(23)7-17(16)29(20)10-18(30)27-4-1-2-11(8-27)19(25)31/h6-7,11-12,15H,1-5,8-10,24H2,(H2,25,31)/t11?,12-,15-/m1/s1. The summed E-state index contributed by atoms with van der Waals surface area (Å²) in [4.78, 5) is 32.3. The Kier molecular flexibility index (Phi) is 5.78. The van der Waals surface area contributed by atoms with Gasteiger partial charge in [0.25, 0.3) is 0 Å². The molecule has 31 heavy (non-hydrogen) atoms. The topological polar surface area (TPSA) is 110 Å². The lowest BCUT2D eigenvalue weighted by Gasteiger charge is -2.35. The molecule has 1 unspecified atom stereocenters. The van der Waals surface area contributed by atoms with Crippen LogP contribution in [0.1, 0.15) is 19.3 Å². The van der Waals surface area contributed by atoms with Crippen LogP contribution in [-0.2, 0) is 16.1 Å². The van der Waals surface area contributed by atoms with E-state index in [0.717, 1.165) is 12.1 Å². The molecule has 3 atom stereocenters. The maximum Gasteiger partial charge on any atom is 0.242 e. The van der Waals surface area contributed by atoms with Crippen LogP contribution < -0.4 is 16.4 Å².